The van der Waals surface area contributed by atoms with E-state index in [1.54, 1.807) is 36.4 Å². The molecule has 0 fully saturated rings. The lowest BCUT2D eigenvalue weighted by Gasteiger charge is -2.00. The third-order valence-electron chi connectivity index (χ3n) is 3.05. The number of aromatic hydroxyl groups is 2. The Kier molecular flexibility index (Phi) is 2.71. The highest BCUT2D eigenvalue weighted by molar-refractivity contribution is 5.89. The minimum Gasteiger partial charge on any atom is -0.508 e. The van der Waals surface area contributed by atoms with Crippen LogP contribution in [0.15, 0.2) is 47.4 Å². The molecule has 4 nitrogen and oxygen atoms in total. The number of phenolic OH excluding ortho intramolecular Hbond substituents is 2. The van der Waals surface area contributed by atoms with E-state index in [-0.39, 0.29) is 11.5 Å². The summed E-state index contributed by atoms with van der Waals surface area (Å²) < 4.78 is 5.78. The number of allylic oxidation sites excluding steroid dienone is 1. The Morgan fingerprint density at radius 1 is 1.10 bits per heavy atom. The van der Waals surface area contributed by atoms with Crippen LogP contribution in [-0.2, 0) is 0 Å². The molecule has 1 heterocycles. The predicted octanol–water partition coefficient (Wildman–Crippen LogP) is 3.94. The molecule has 0 amide bonds. The first-order chi connectivity index (χ1) is 9.54. The minimum atomic E-state index is 0.126. The first-order valence-corrected chi connectivity index (χ1v) is 6.13. The molecular weight excluding hydrogens is 254 g/mol. The van der Waals surface area contributed by atoms with Gasteiger partial charge in [0.25, 0.3) is 0 Å². The van der Waals surface area contributed by atoms with Crippen molar-refractivity contribution in [2.24, 2.45) is 0 Å². The van der Waals surface area contributed by atoms with Crippen LogP contribution < -0.4 is 0 Å². The van der Waals surface area contributed by atoms with Crippen LogP contribution in [0.5, 0.6) is 11.5 Å². The van der Waals surface area contributed by atoms with E-state index in [0.717, 1.165) is 16.7 Å². The lowest BCUT2D eigenvalue weighted by molar-refractivity contribution is 0.474. The van der Waals surface area contributed by atoms with Gasteiger partial charge in [0, 0.05) is 17.2 Å². The molecule has 0 radical (unpaired) electrons. The monoisotopic (exact) mass is 267 g/mol. The molecule has 0 aliphatic rings. The maximum absolute atomic E-state index is 9.72. The number of benzene rings is 2. The zero-order chi connectivity index (χ0) is 14.3. The molecule has 100 valence electrons. The highest BCUT2D eigenvalue weighted by atomic mass is 16.3. The number of oxazole rings is 1. The summed E-state index contributed by atoms with van der Waals surface area (Å²) in [6, 6.07) is 9.75. The molecule has 3 rings (SSSR count). The fourth-order valence-corrected chi connectivity index (χ4v) is 2.06. The third-order valence-corrected chi connectivity index (χ3v) is 3.05. The molecule has 0 saturated carbocycles. The molecule has 0 spiro atoms. The number of nitrogens with zero attached hydrogens (tertiary/aromatic N) is 1. The second-order valence-corrected chi connectivity index (χ2v) is 4.69. The molecule has 20 heavy (non-hydrogen) atoms. The number of phenols is 2. The van der Waals surface area contributed by atoms with Crippen LogP contribution in [0.2, 0.25) is 0 Å². The zero-order valence-electron chi connectivity index (χ0n) is 10.9. The van der Waals surface area contributed by atoms with Crippen LogP contribution >= 0.6 is 0 Å². The third kappa shape index (κ3) is 2.01. The van der Waals surface area contributed by atoms with Crippen molar-refractivity contribution in [1.82, 2.24) is 4.98 Å². The van der Waals surface area contributed by atoms with Crippen molar-refractivity contribution in [3.05, 3.63) is 48.5 Å². The fraction of sp³-hybridized carbons (Fsp3) is 0.0625. The molecule has 2 aromatic carbocycles. The number of aromatic nitrogens is 1. The van der Waals surface area contributed by atoms with Gasteiger partial charge in [0.15, 0.2) is 5.58 Å². The van der Waals surface area contributed by atoms with Crippen molar-refractivity contribution in [3.8, 4) is 23.0 Å². The van der Waals surface area contributed by atoms with Crippen LogP contribution in [0.4, 0.5) is 0 Å². The van der Waals surface area contributed by atoms with Crippen molar-refractivity contribution in [2.75, 3.05) is 0 Å². The molecule has 0 saturated heterocycles. The normalized spacial score (nSPS) is 10.8. The summed E-state index contributed by atoms with van der Waals surface area (Å²) >= 11 is 0. The molecule has 1 aromatic heterocycles. The summed E-state index contributed by atoms with van der Waals surface area (Å²) in [5.74, 6) is 0.749. The van der Waals surface area contributed by atoms with Gasteiger partial charge in [0.2, 0.25) is 5.89 Å². The molecule has 2 N–H and O–H groups in total. The highest BCUT2D eigenvalue weighted by Gasteiger charge is 2.13. The molecule has 0 aliphatic carbocycles. The van der Waals surface area contributed by atoms with Crippen molar-refractivity contribution >= 4 is 16.7 Å². The number of rotatable bonds is 2. The number of hydrogen-bond acceptors (Lipinski definition) is 4. The van der Waals surface area contributed by atoms with Gasteiger partial charge in [0.1, 0.15) is 17.0 Å². The van der Waals surface area contributed by atoms with Crippen LogP contribution in [0.3, 0.4) is 0 Å². The maximum atomic E-state index is 9.72. The second kappa shape index (κ2) is 4.42. The molecule has 3 aromatic rings. The van der Waals surface area contributed by atoms with E-state index in [0.29, 0.717) is 17.0 Å². The van der Waals surface area contributed by atoms with Gasteiger partial charge in [-0.05, 0) is 42.8 Å². The largest absolute Gasteiger partial charge is 0.508 e. The first-order valence-electron chi connectivity index (χ1n) is 6.13. The van der Waals surface area contributed by atoms with Crippen LogP contribution in [0.1, 0.15) is 12.5 Å². The van der Waals surface area contributed by atoms with Crippen LogP contribution in [0, 0.1) is 0 Å². The molecule has 0 atom stereocenters. The van der Waals surface area contributed by atoms with Gasteiger partial charge in [-0.1, -0.05) is 6.58 Å². The highest BCUT2D eigenvalue weighted by Crippen LogP contribution is 2.32. The van der Waals surface area contributed by atoms with Crippen molar-refractivity contribution < 1.29 is 14.6 Å². The summed E-state index contributed by atoms with van der Waals surface area (Å²) in [5, 5.41) is 19.0. The Morgan fingerprint density at radius 3 is 2.45 bits per heavy atom. The maximum Gasteiger partial charge on any atom is 0.227 e. The lowest BCUT2D eigenvalue weighted by Crippen LogP contribution is -1.79. The first kappa shape index (κ1) is 12.3. The Hall–Kier alpha value is -2.75. The summed E-state index contributed by atoms with van der Waals surface area (Å²) in [4.78, 5) is 4.37. The Morgan fingerprint density at radius 2 is 1.80 bits per heavy atom. The minimum absolute atomic E-state index is 0.126. The average molecular weight is 267 g/mol. The second-order valence-electron chi connectivity index (χ2n) is 4.69. The van der Waals surface area contributed by atoms with E-state index in [1.165, 1.54) is 0 Å². The smallest absolute Gasteiger partial charge is 0.227 e. The van der Waals surface area contributed by atoms with Gasteiger partial charge in [-0.15, -0.1) is 0 Å². The Bertz CT molecular complexity index is 800. The Labute approximate surface area is 115 Å². The molecule has 0 aliphatic heterocycles. The summed E-state index contributed by atoms with van der Waals surface area (Å²) in [5.41, 5.74) is 3.45. The standard InChI is InChI=1S/C16H13NO3/c1-9(2)13-7-12(19)8-14-15(13)20-16(17-14)10-3-5-11(18)6-4-10/h3-8,18-19H,1H2,2H3. The van der Waals surface area contributed by atoms with E-state index >= 15 is 0 Å². The average Bonchev–Trinajstić information content (AvgIpc) is 2.81. The van der Waals surface area contributed by atoms with E-state index in [9.17, 15) is 10.2 Å². The van der Waals surface area contributed by atoms with Gasteiger partial charge >= 0.3 is 0 Å². The number of hydrogen-bond donors (Lipinski definition) is 2. The van der Waals surface area contributed by atoms with E-state index < -0.39 is 0 Å². The van der Waals surface area contributed by atoms with Crippen molar-refractivity contribution in [1.29, 1.82) is 0 Å². The molecule has 0 bridgehead atoms. The zero-order valence-corrected chi connectivity index (χ0v) is 10.9. The van der Waals surface area contributed by atoms with E-state index in [4.69, 9.17) is 4.42 Å². The predicted molar refractivity (Wildman–Crippen MR) is 77.5 cm³/mol. The summed E-state index contributed by atoms with van der Waals surface area (Å²) in [7, 11) is 0. The van der Waals surface area contributed by atoms with E-state index in [1.807, 2.05) is 6.92 Å². The van der Waals surface area contributed by atoms with Gasteiger partial charge in [-0.3, -0.25) is 0 Å². The lowest BCUT2D eigenvalue weighted by atomic mass is 10.1. The van der Waals surface area contributed by atoms with Gasteiger partial charge in [0.05, 0.1) is 0 Å². The van der Waals surface area contributed by atoms with Crippen LogP contribution in [-0.4, -0.2) is 15.2 Å². The quantitative estimate of drug-likeness (QED) is 0.738. The van der Waals surface area contributed by atoms with E-state index in [2.05, 4.69) is 11.6 Å². The summed E-state index contributed by atoms with van der Waals surface area (Å²) in [6.07, 6.45) is 0. The van der Waals surface area contributed by atoms with Gasteiger partial charge < -0.3 is 14.6 Å². The van der Waals surface area contributed by atoms with Crippen LogP contribution in [0.25, 0.3) is 28.1 Å². The summed E-state index contributed by atoms with van der Waals surface area (Å²) in [6.45, 7) is 5.72. The van der Waals surface area contributed by atoms with Gasteiger partial charge in [-0.2, -0.15) is 0 Å². The Balaban J connectivity index is 2.22. The SMILES string of the molecule is C=C(C)c1cc(O)cc2nc(-c3ccc(O)cc3)oc12. The van der Waals surface area contributed by atoms with Crippen molar-refractivity contribution in [2.45, 2.75) is 6.92 Å². The number of fused-ring (bicyclic) bond motifs is 1. The fourth-order valence-electron chi connectivity index (χ4n) is 2.06. The topological polar surface area (TPSA) is 66.5 Å². The molecular formula is C16H13NO3. The van der Waals surface area contributed by atoms with Crippen molar-refractivity contribution in [3.63, 3.8) is 0 Å². The molecule has 0 unspecified atom stereocenters. The van der Waals surface area contributed by atoms with Gasteiger partial charge in [-0.25, -0.2) is 4.98 Å². The molecule has 4 heteroatoms.